The molecule has 146 valence electrons. The molecule has 8 nitrogen and oxygen atoms in total. The fourth-order valence-corrected chi connectivity index (χ4v) is 3.14. The molecule has 2 aromatic heterocycles. The number of aliphatic hydroxyl groups is 1. The molecular formula is C17H22Cl2N6O2. The summed E-state index contributed by atoms with van der Waals surface area (Å²) in [5.74, 6) is 1.33. The number of halogens is 2. The predicted octanol–water partition coefficient (Wildman–Crippen LogP) is 1.72. The van der Waals surface area contributed by atoms with Gasteiger partial charge in [-0.25, -0.2) is 9.98 Å². The Hall–Kier alpha value is -2.13. The predicted molar refractivity (Wildman–Crippen MR) is 111 cm³/mol. The summed E-state index contributed by atoms with van der Waals surface area (Å²) in [4.78, 5) is 20.3. The van der Waals surface area contributed by atoms with Crippen LogP contribution >= 0.6 is 24.8 Å². The molecule has 0 aromatic carbocycles. The number of anilines is 1. The quantitative estimate of drug-likeness (QED) is 0.706. The van der Waals surface area contributed by atoms with Crippen LogP contribution in [0.1, 0.15) is 11.3 Å². The normalized spacial score (nSPS) is 17.5. The van der Waals surface area contributed by atoms with E-state index in [0.29, 0.717) is 24.0 Å². The Labute approximate surface area is 169 Å². The number of hydrogen-bond donors (Lipinski definition) is 3. The Bertz CT molecular complexity index is 831. The topological polar surface area (TPSA) is 101 Å². The molecular weight excluding hydrogens is 391 g/mol. The van der Waals surface area contributed by atoms with Gasteiger partial charge < -0.3 is 20.1 Å². The van der Waals surface area contributed by atoms with Gasteiger partial charge in [-0.3, -0.25) is 4.90 Å². The van der Waals surface area contributed by atoms with Crippen LogP contribution in [-0.4, -0.2) is 75.6 Å². The number of nitrogens with one attached hydrogen (secondary N) is 1. The number of aromatic amines is 1. The third-order valence-corrected chi connectivity index (χ3v) is 4.51. The first kappa shape index (κ1) is 21.2. The van der Waals surface area contributed by atoms with E-state index in [0.717, 1.165) is 37.3 Å². The van der Waals surface area contributed by atoms with Crippen molar-refractivity contribution >= 4 is 54.4 Å². The number of piperazine rings is 1. The van der Waals surface area contributed by atoms with E-state index in [9.17, 15) is 5.11 Å². The van der Waals surface area contributed by atoms with Crippen LogP contribution in [0.5, 0.6) is 5.88 Å². The van der Waals surface area contributed by atoms with Gasteiger partial charge in [0.2, 0.25) is 11.8 Å². The summed E-state index contributed by atoms with van der Waals surface area (Å²) < 4.78 is 0. The number of fused-ring (bicyclic) bond motifs is 1. The standard InChI is InChI=1S/C17H20N6O2.2ClH/c24-9-8-22-4-6-23(7-5-22)17-20-14(16(25)21-17)10-12-11-19-15-13(12)2-1-3-18-15;;/h1-3,10-11,24-25H,4-9H2,(H,20,21);2*1H. The van der Waals surface area contributed by atoms with E-state index in [4.69, 9.17) is 5.11 Å². The van der Waals surface area contributed by atoms with Crippen molar-refractivity contribution in [3.05, 3.63) is 29.6 Å². The van der Waals surface area contributed by atoms with Gasteiger partial charge in [0.05, 0.1) is 6.61 Å². The Balaban J connectivity index is 0.00000131. The second-order valence-electron chi connectivity index (χ2n) is 6.08. The maximum atomic E-state index is 10.2. The van der Waals surface area contributed by atoms with E-state index in [1.54, 1.807) is 12.4 Å². The lowest BCUT2D eigenvalue weighted by molar-refractivity contribution is 0.188. The molecule has 4 heterocycles. The van der Waals surface area contributed by atoms with Crippen LogP contribution in [0.2, 0.25) is 0 Å². The van der Waals surface area contributed by atoms with Gasteiger partial charge in [0.25, 0.3) is 0 Å². The first-order valence-electron chi connectivity index (χ1n) is 8.33. The zero-order valence-corrected chi connectivity index (χ0v) is 16.2. The minimum atomic E-state index is -0.0222. The fourth-order valence-electron chi connectivity index (χ4n) is 3.14. The van der Waals surface area contributed by atoms with E-state index < -0.39 is 0 Å². The number of allylic oxidation sites excluding steroid dienone is 1. The molecule has 2 aliphatic heterocycles. The summed E-state index contributed by atoms with van der Waals surface area (Å²) in [5, 5.41) is 19.2. The van der Waals surface area contributed by atoms with Gasteiger partial charge in [-0.05, 0) is 18.2 Å². The zero-order valence-electron chi connectivity index (χ0n) is 14.6. The minimum absolute atomic E-state index is 0. The number of β-amino-alcohol motifs (C(OH)–C–C–N with tert-alkyl or cyclic N) is 1. The van der Waals surface area contributed by atoms with Crippen molar-refractivity contribution in [3.63, 3.8) is 0 Å². The zero-order chi connectivity index (χ0) is 17.2. The van der Waals surface area contributed by atoms with Crippen LogP contribution in [-0.2, 0) is 0 Å². The third kappa shape index (κ3) is 4.41. The van der Waals surface area contributed by atoms with Crippen LogP contribution in [0, 0.1) is 0 Å². The molecule has 0 radical (unpaired) electrons. The number of aromatic hydroxyl groups is 1. The number of H-pyrrole nitrogens is 1. The van der Waals surface area contributed by atoms with Crippen molar-refractivity contribution in [2.45, 2.75) is 0 Å². The number of aliphatic imine (C=N–C) groups is 1. The summed E-state index contributed by atoms with van der Waals surface area (Å²) in [6.07, 6.45) is 5.29. The molecule has 27 heavy (non-hydrogen) atoms. The van der Waals surface area contributed by atoms with Crippen LogP contribution in [0.4, 0.5) is 11.8 Å². The van der Waals surface area contributed by atoms with Gasteiger partial charge in [0.15, 0.2) is 5.82 Å². The van der Waals surface area contributed by atoms with Gasteiger partial charge in [0.1, 0.15) is 5.69 Å². The highest BCUT2D eigenvalue weighted by atomic mass is 35.5. The highest BCUT2D eigenvalue weighted by molar-refractivity contribution is 6.20. The second-order valence-corrected chi connectivity index (χ2v) is 6.08. The molecule has 0 saturated carbocycles. The highest BCUT2D eigenvalue weighted by Crippen LogP contribution is 2.32. The third-order valence-electron chi connectivity index (χ3n) is 4.51. The molecule has 10 heteroatoms. The Kier molecular flexibility index (Phi) is 7.20. The average molecular weight is 413 g/mol. The van der Waals surface area contributed by atoms with Crippen molar-refractivity contribution in [2.24, 2.45) is 4.99 Å². The number of aliphatic hydroxyl groups excluding tert-OH is 1. The summed E-state index contributed by atoms with van der Waals surface area (Å²) in [5.41, 5.74) is 2.39. The smallest absolute Gasteiger partial charge is 0.238 e. The van der Waals surface area contributed by atoms with Crippen LogP contribution in [0.3, 0.4) is 0 Å². The Morgan fingerprint density at radius 3 is 2.70 bits per heavy atom. The van der Waals surface area contributed by atoms with Crippen molar-refractivity contribution in [1.82, 2.24) is 19.9 Å². The molecule has 2 aliphatic rings. The lowest BCUT2D eigenvalue weighted by atomic mass is 10.1. The van der Waals surface area contributed by atoms with Crippen molar-refractivity contribution in [3.8, 4) is 5.88 Å². The molecule has 4 rings (SSSR count). The highest BCUT2D eigenvalue weighted by Gasteiger charge is 2.21. The van der Waals surface area contributed by atoms with Crippen LogP contribution in [0.25, 0.3) is 11.6 Å². The number of pyridine rings is 1. The molecule has 0 spiro atoms. The monoisotopic (exact) mass is 412 g/mol. The first-order valence-corrected chi connectivity index (χ1v) is 8.33. The van der Waals surface area contributed by atoms with E-state index in [1.807, 2.05) is 18.2 Å². The summed E-state index contributed by atoms with van der Waals surface area (Å²) in [6, 6.07) is 3.82. The lowest BCUT2D eigenvalue weighted by Gasteiger charge is -2.34. The summed E-state index contributed by atoms with van der Waals surface area (Å²) >= 11 is 0. The number of hydrogen-bond acceptors (Lipinski definition) is 7. The van der Waals surface area contributed by atoms with Gasteiger partial charge in [-0.1, -0.05) is 0 Å². The fraction of sp³-hybridized carbons (Fsp3) is 0.353. The molecule has 1 saturated heterocycles. The Morgan fingerprint density at radius 1 is 1.19 bits per heavy atom. The Morgan fingerprint density at radius 2 is 1.96 bits per heavy atom. The second kappa shape index (κ2) is 9.18. The van der Waals surface area contributed by atoms with Gasteiger partial charge >= 0.3 is 0 Å². The molecule has 0 aliphatic carbocycles. The van der Waals surface area contributed by atoms with Crippen molar-refractivity contribution in [2.75, 3.05) is 44.2 Å². The summed E-state index contributed by atoms with van der Waals surface area (Å²) in [6.45, 7) is 4.21. The maximum absolute atomic E-state index is 10.2. The molecule has 0 atom stereocenters. The van der Waals surface area contributed by atoms with Crippen molar-refractivity contribution in [1.29, 1.82) is 0 Å². The van der Waals surface area contributed by atoms with Crippen molar-refractivity contribution < 1.29 is 10.2 Å². The van der Waals surface area contributed by atoms with Gasteiger partial charge in [-0.15, -0.1) is 24.8 Å². The van der Waals surface area contributed by atoms with E-state index in [-0.39, 0.29) is 37.3 Å². The molecule has 0 unspecified atom stereocenters. The number of nitrogens with zero attached hydrogens (tertiary/aromatic N) is 5. The number of rotatable bonds is 4. The van der Waals surface area contributed by atoms with Crippen LogP contribution < -0.4 is 4.90 Å². The number of imidazole rings is 1. The minimum Gasteiger partial charge on any atom is -0.492 e. The molecule has 0 bridgehead atoms. The molecule has 2 aromatic rings. The van der Waals surface area contributed by atoms with Crippen LogP contribution in [0.15, 0.2) is 23.3 Å². The molecule has 3 N–H and O–H groups in total. The SMILES string of the molecule is Cl.Cl.OCCN1CCN(c2nc(O)c(C=C3C=Nc4ncccc43)[nH]2)CC1. The summed E-state index contributed by atoms with van der Waals surface area (Å²) in [7, 11) is 0. The first-order chi connectivity index (χ1) is 12.2. The largest absolute Gasteiger partial charge is 0.492 e. The lowest BCUT2D eigenvalue weighted by Crippen LogP contribution is -2.47. The van der Waals surface area contributed by atoms with E-state index in [2.05, 4.69) is 29.7 Å². The van der Waals surface area contributed by atoms with Gasteiger partial charge in [0, 0.05) is 56.3 Å². The molecule has 0 amide bonds. The number of aromatic nitrogens is 3. The average Bonchev–Trinajstić information content (AvgIpc) is 3.21. The maximum Gasteiger partial charge on any atom is 0.238 e. The molecule has 1 fully saturated rings. The van der Waals surface area contributed by atoms with Gasteiger partial charge in [-0.2, -0.15) is 4.98 Å². The van der Waals surface area contributed by atoms with E-state index >= 15 is 0 Å². The van der Waals surface area contributed by atoms with E-state index in [1.165, 1.54) is 0 Å².